The molecule has 1 unspecified atom stereocenters. The molecule has 1 atom stereocenters. The quantitative estimate of drug-likeness (QED) is 0.179. The van der Waals surface area contributed by atoms with Crippen LogP contribution >= 0.6 is 0 Å². The van der Waals surface area contributed by atoms with Crippen LogP contribution in [0.1, 0.15) is 40.9 Å². The van der Waals surface area contributed by atoms with Crippen LogP contribution in [0.3, 0.4) is 0 Å². The van der Waals surface area contributed by atoms with Crippen LogP contribution in [0.25, 0.3) is 17.0 Å². The summed E-state index contributed by atoms with van der Waals surface area (Å²) in [7, 11) is -2.57. The molecular formula is C30H28N2O7S. The molecule has 1 amide bonds. The van der Waals surface area contributed by atoms with Crippen LogP contribution in [-0.2, 0) is 24.4 Å². The van der Waals surface area contributed by atoms with E-state index < -0.39 is 28.0 Å². The Labute approximate surface area is 232 Å². The number of fused-ring (bicyclic) bond motifs is 1. The summed E-state index contributed by atoms with van der Waals surface area (Å²) >= 11 is 0. The minimum atomic E-state index is -4.09. The lowest BCUT2D eigenvalue weighted by atomic mass is 10.1. The standard InChI is InChI=1S/C30H28N2O7S/c1-37-24-15-16-26-23(19-24)20-27(32(26)40(35,36)25-7-3-2-4-8-25)30(34)22-13-10-21(11-14-22)12-17-28(33)31-39-29-9-5-6-18-38-29/h2-4,7-8,10-17,19-20,29H,5-6,9,18H2,1H3,(H,31,33)/b17-12+. The molecule has 2 heterocycles. The number of rotatable bonds is 9. The predicted molar refractivity (Wildman–Crippen MR) is 149 cm³/mol. The molecule has 1 fully saturated rings. The molecule has 1 aliphatic rings. The van der Waals surface area contributed by atoms with E-state index in [-0.39, 0.29) is 10.6 Å². The van der Waals surface area contributed by atoms with Gasteiger partial charge in [-0.1, -0.05) is 42.5 Å². The minimum absolute atomic E-state index is 0.00291. The molecule has 0 aliphatic carbocycles. The van der Waals surface area contributed by atoms with Gasteiger partial charge in [-0.2, -0.15) is 0 Å². The normalized spacial score (nSPS) is 15.8. The number of ketones is 1. The van der Waals surface area contributed by atoms with Gasteiger partial charge in [-0.05, 0) is 60.9 Å². The number of hydroxylamine groups is 1. The Morgan fingerprint density at radius 2 is 1.77 bits per heavy atom. The molecule has 4 aromatic rings. The second-order valence-electron chi connectivity index (χ2n) is 9.20. The van der Waals surface area contributed by atoms with Crippen molar-refractivity contribution < 1.29 is 32.3 Å². The molecule has 9 nitrogen and oxygen atoms in total. The summed E-state index contributed by atoms with van der Waals surface area (Å²) in [4.78, 5) is 31.1. The van der Waals surface area contributed by atoms with E-state index in [4.69, 9.17) is 14.3 Å². The Bertz CT molecular complexity index is 1650. The van der Waals surface area contributed by atoms with Crippen molar-refractivity contribution in [2.24, 2.45) is 0 Å². The Kier molecular flexibility index (Phi) is 8.11. The third kappa shape index (κ3) is 5.84. The van der Waals surface area contributed by atoms with Crippen molar-refractivity contribution in [2.45, 2.75) is 30.4 Å². The summed E-state index contributed by atoms with van der Waals surface area (Å²) in [6.07, 6.45) is 5.13. The predicted octanol–water partition coefficient (Wildman–Crippen LogP) is 4.71. The summed E-state index contributed by atoms with van der Waals surface area (Å²) in [5.41, 5.74) is 3.67. The van der Waals surface area contributed by atoms with Crippen molar-refractivity contribution >= 4 is 38.7 Å². The number of aromatic nitrogens is 1. The number of ether oxygens (including phenoxy) is 2. The average Bonchev–Trinajstić information content (AvgIpc) is 3.39. The number of nitrogens with zero attached hydrogens (tertiary/aromatic N) is 1. The highest BCUT2D eigenvalue weighted by molar-refractivity contribution is 7.90. The first-order valence-corrected chi connectivity index (χ1v) is 14.2. The lowest BCUT2D eigenvalue weighted by Crippen LogP contribution is -2.32. The van der Waals surface area contributed by atoms with Gasteiger partial charge in [-0.25, -0.2) is 22.7 Å². The van der Waals surface area contributed by atoms with E-state index in [1.54, 1.807) is 72.8 Å². The number of nitrogens with one attached hydrogen (secondary N) is 1. The van der Waals surface area contributed by atoms with Crippen LogP contribution in [-0.4, -0.2) is 44.1 Å². The molecule has 40 heavy (non-hydrogen) atoms. The second-order valence-corrected chi connectivity index (χ2v) is 11.0. The number of hydrogen-bond acceptors (Lipinski definition) is 7. The van der Waals surface area contributed by atoms with Gasteiger partial charge in [0.05, 0.1) is 17.5 Å². The van der Waals surface area contributed by atoms with Gasteiger partial charge in [-0.3, -0.25) is 9.59 Å². The lowest BCUT2D eigenvalue weighted by Gasteiger charge is -2.21. The van der Waals surface area contributed by atoms with Gasteiger partial charge in [0, 0.05) is 30.1 Å². The maximum Gasteiger partial charge on any atom is 0.268 e. The number of amides is 1. The third-order valence-corrected chi connectivity index (χ3v) is 8.25. The van der Waals surface area contributed by atoms with Gasteiger partial charge in [0.25, 0.3) is 15.9 Å². The minimum Gasteiger partial charge on any atom is -0.497 e. The van der Waals surface area contributed by atoms with Crippen molar-refractivity contribution in [3.63, 3.8) is 0 Å². The zero-order valence-electron chi connectivity index (χ0n) is 21.8. The van der Waals surface area contributed by atoms with Gasteiger partial charge in [-0.15, -0.1) is 0 Å². The topological polar surface area (TPSA) is 113 Å². The molecule has 1 N–H and O–H groups in total. The SMILES string of the molecule is COc1ccc2c(c1)cc(C(=O)c1ccc(/C=C/C(=O)NOC3CCCCO3)cc1)n2S(=O)(=O)c1ccccc1. The number of carbonyl (C=O) groups excluding carboxylic acids is 2. The first kappa shape index (κ1) is 27.3. The summed E-state index contributed by atoms with van der Waals surface area (Å²) in [5.74, 6) is -0.373. The third-order valence-electron chi connectivity index (χ3n) is 6.51. The van der Waals surface area contributed by atoms with E-state index in [9.17, 15) is 18.0 Å². The van der Waals surface area contributed by atoms with Crippen LogP contribution in [0.5, 0.6) is 5.75 Å². The fourth-order valence-corrected chi connectivity index (χ4v) is 5.97. The maximum absolute atomic E-state index is 13.7. The van der Waals surface area contributed by atoms with E-state index >= 15 is 0 Å². The second kappa shape index (κ2) is 11.9. The summed E-state index contributed by atoms with van der Waals surface area (Å²) in [6, 6.07) is 21.0. The Hall–Kier alpha value is -4.25. The van der Waals surface area contributed by atoms with Crippen molar-refractivity contribution in [2.75, 3.05) is 13.7 Å². The summed E-state index contributed by atoms with van der Waals surface area (Å²) in [6.45, 7) is 0.606. The molecule has 5 rings (SSSR count). The molecular weight excluding hydrogens is 532 g/mol. The maximum atomic E-state index is 13.7. The number of methoxy groups -OCH3 is 1. The molecule has 0 saturated carbocycles. The van der Waals surface area contributed by atoms with Gasteiger partial charge in [0.2, 0.25) is 5.78 Å². The molecule has 0 radical (unpaired) electrons. The zero-order valence-corrected chi connectivity index (χ0v) is 22.6. The van der Waals surface area contributed by atoms with Crippen LogP contribution in [0.15, 0.2) is 89.8 Å². The molecule has 3 aromatic carbocycles. The van der Waals surface area contributed by atoms with Gasteiger partial charge in [0.1, 0.15) is 11.4 Å². The fraction of sp³-hybridized carbons (Fsp3) is 0.200. The van der Waals surface area contributed by atoms with E-state index in [0.717, 1.165) is 23.2 Å². The molecule has 206 valence electrons. The Morgan fingerprint density at radius 3 is 2.48 bits per heavy atom. The molecule has 1 saturated heterocycles. The van der Waals surface area contributed by atoms with Crippen molar-refractivity contribution in [3.05, 3.63) is 102 Å². The smallest absolute Gasteiger partial charge is 0.268 e. The van der Waals surface area contributed by atoms with E-state index in [0.29, 0.717) is 34.4 Å². The van der Waals surface area contributed by atoms with Crippen molar-refractivity contribution in [1.29, 1.82) is 0 Å². The first-order chi connectivity index (χ1) is 19.4. The van der Waals surface area contributed by atoms with Crippen molar-refractivity contribution in [3.8, 4) is 5.75 Å². The summed E-state index contributed by atoms with van der Waals surface area (Å²) in [5, 5.41) is 0.550. The Morgan fingerprint density at radius 1 is 1.00 bits per heavy atom. The molecule has 0 bridgehead atoms. The van der Waals surface area contributed by atoms with Crippen LogP contribution in [0.4, 0.5) is 0 Å². The van der Waals surface area contributed by atoms with E-state index in [2.05, 4.69) is 5.48 Å². The molecule has 0 spiro atoms. The van der Waals surface area contributed by atoms with E-state index in [1.165, 1.54) is 25.3 Å². The highest BCUT2D eigenvalue weighted by Crippen LogP contribution is 2.30. The monoisotopic (exact) mass is 560 g/mol. The number of hydrogen-bond donors (Lipinski definition) is 1. The summed E-state index contributed by atoms with van der Waals surface area (Å²) < 4.78 is 39.2. The fourth-order valence-electron chi connectivity index (χ4n) is 4.44. The van der Waals surface area contributed by atoms with Crippen LogP contribution in [0.2, 0.25) is 0 Å². The zero-order chi connectivity index (χ0) is 28.1. The van der Waals surface area contributed by atoms with Gasteiger partial charge < -0.3 is 9.47 Å². The average molecular weight is 561 g/mol. The van der Waals surface area contributed by atoms with E-state index in [1.807, 2.05) is 0 Å². The highest BCUT2D eigenvalue weighted by Gasteiger charge is 2.27. The van der Waals surface area contributed by atoms with Crippen LogP contribution in [0, 0.1) is 0 Å². The molecule has 10 heteroatoms. The number of carbonyl (C=O) groups is 2. The molecule has 1 aromatic heterocycles. The molecule has 1 aliphatic heterocycles. The van der Waals surface area contributed by atoms with Gasteiger partial charge in [0.15, 0.2) is 6.29 Å². The highest BCUT2D eigenvalue weighted by atomic mass is 32.2. The van der Waals surface area contributed by atoms with Gasteiger partial charge >= 0.3 is 0 Å². The largest absolute Gasteiger partial charge is 0.497 e. The Balaban J connectivity index is 1.40. The van der Waals surface area contributed by atoms with Crippen LogP contribution < -0.4 is 10.2 Å². The number of benzene rings is 3. The van der Waals surface area contributed by atoms with Crippen molar-refractivity contribution in [1.82, 2.24) is 9.45 Å². The lowest BCUT2D eigenvalue weighted by molar-refractivity contribution is -0.198. The first-order valence-electron chi connectivity index (χ1n) is 12.8.